The zero-order chi connectivity index (χ0) is 22.8. The number of nitrogens with zero attached hydrogens (tertiary/aromatic N) is 3. The maximum atomic E-state index is 12.8. The van der Waals surface area contributed by atoms with E-state index in [0.29, 0.717) is 30.7 Å². The van der Waals surface area contributed by atoms with Gasteiger partial charge in [0.1, 0.15) is 5.75 Å². The Balaban J connectivity index is 1.24. The number of methoxy groups -OCH3 is 1. The van der Waals surface area contributed by atoms with Crippen LogP contribution in [0.5, 0.6) is 5.75 Å². The highest BCUT2D eigenvalue weighted by atomic mass is 16.5. The quantitative estimate of drug-likeness (QED) is 0.647. The third-order valence-electron chi connectivity index (χ3n) is 7.83. The number of amides is 2. The molecule has 6 nitrogen and oxygen atoms in total. The standard InChI is InChI=1S/C27H35N3O3/c1-33-25-11-9-20-6-2-3-7-22(20)23(25)19-28-17-13-24-21(18-28)10-12-27(32)30(24)16-5-15-29-14-4-8-26(29)31/h2-3,6-7,9,11,21,24H,4-5,8,10,12-19H2,1H3/t21-,24+/m0/s1. The van der Waals surface area contributed by atoms with Crippen molar-refractivity contribution in [1.29, 1.82) is 0 Å². The molecule has 0 radical (unpaired) electrons. The first kappa shape index (κ1) is 22.2. The number of carbonyl (C=O) groups excluding carboxylic acids is 2. The van der Waals surface area contributed by atoms with Crippen LogP contribution < -0.4 is 4.74 Å². The summed E-state index contributed by atoms with van der Waals surface area (Å²) in [5.41, 5.74) is 1.26. The SMILES string of the molecule is COc1ccc2ccccc2c1CN1CC[C@@H]2[C@@H](CCC(=O)N2CCCN2CCCC2=O)C1. The smallest absolute Gasteiger partial charge is 0.222 e. The highest BCUT2D eigenvalue weighted by Crippen LogP contribution is 2.34. The summed E-state index contributed by atoms with van der Waals surface area (Å²) in [5.74, 6) is 2.04. The maximum Gasteiger partial charge on any atom is 0.222 e. The Morgan fingerprint density at radius 2 is 1.85 bits per heavy atom. The Morgan fingerprint density at radius 3 is 2.67 bits per heavy atom. The van der Waals surface area contributed by atoms with Crippen LogP contribution in [0.1, 0.15) is 44.1 Å². The van der Waals surface area contributed by atoms with Crippen LogP contribution in [0.3, 0.4) is 0 Å². The molecule has 3 aliphatic heterocycles. The van der Waals surface area contributed by atoms with Crippen LogP contribution in [0, 0.1) is 5.92 Å². The summed E-state index contributed by atoms with van der Waals surface area (Å²) in [6, 6.07) is 13.1. The summed E-state index contributed by atoms with van der Waals surface area (Å²) < 4.78 is 5.72. The van der Waals surface area contributed by atoms with Gasteiger partial charge in [0.2, 0.25) is 11.8 Å². The first-order valence-electron chi connectivity index (χ1n) is 12.5. The van der Waals surface area contributed by atoms with Crippen LogP contribution in [0.2, 0.25) is 0 Å². The molecule has 176 valence electrons. The number of piperidine rings is 2. The van der Waals surface area contributed by atoms with Crippen LogP contribution >= 0.6 is 0 Å². The van der Waals surface area contributed by atoms with Crippen LogP contribution in [0.4, 0.5) is 0 Å². The third kappa shape index (κ3) is 4.58. The molecule has 0 spiro atoms. The van der Waals surface area contributed by atoms with Gasteiger partial charge in [-0.05, 0) is 48.4 Å². The fourth-order valence-electron chi connectivity index (χ4n) is 6.13. The number of hydrogen-bond donors (Lipinski definition) is 0. The molecule has 3 fully saturated rings. The van der Waals surface area contributed by atoms with Crippen molar-refractivity contribution in [2.45, 2.75) is 51.1 Å². The molecule has 6 heteroatoms. The van der Waals surface area contributed by atoms with Crippen molar-refractivity contribution in [3.63, 3.8) is 0 Å². The van der Waals surface area contributed by atoms with Crippen molar-refractivity contribution >= 4 is 22.6 Å². The molecule has 33 heavy (non-hydrogen) atoms. The maximum absolute atomic E-state index is 12.8. The molecule has 3 heterocycles. The van der Waals surface area contributed by atoms with Gasteiger partial charge < -0.3 is 14.5 Å². The minimum atomic E-state index is 0.273. The molecule has 2 amide bonds. The molecule has 3 saturated heterocycles. The van der Waals surface area contributed by atoms with Crippen molar-refractivity contribution in [2.24, 2.45) is 5.92 Å². The number of hydrogen-bond acceptors (Lipinski definition) is 4. The van der Waals surface area contributed by atoms with Crippen molar-refractivity contribution in [3.8, 4) is 5.75 Å². The molecular formula is C27H35N3O3. The van der Waals surface area contributed by atoms with E-state index < -0.39 is 0 Å². The minimum Gasteiger partial charge on any atom is -0.496 e. The summed E-state index contributed by atoms with van der Waals surface area (Å²) in [5, 5.41) is 2.50. The number of likely N-dealkylation sites (tertiary alicyclic amines) is 3. The summed E-state index contributed by atoms with van der Waals surface area (Å²) >= 11 is 0. The van der Waals surface area contributed by atoms with Crippen LogP contribution in [0.15, 0.2) is 36.4 Å². The summed E-state index contributed by atoms with van der Waals surface area (Å²) in [4.78, 5) is 31.3. The second kappa shape index (κ2) is 9.72. The molecule has 2 aromatic rings. The van der Waals surface area contributed by atoms with Gasteiger partial charge in [-0.15, -0.1) is 0 Å². The Bertz CT molecular complexity index is 1020. The summed E-state index contributed by atoms with van der Waals surface area (Å²) in [6.45, 7) is 5.32. The Morgan fingerprint density at radius 1 is 0.970 bits per heavy atom. The van der Waals surface area contributed by atoms with Crippen molar-refractivity contribution in [1.82, 2.24) is 14.7 Å². The van der Waals surface area contributed by atoms with E-state index in [4.69, 9.17) is 4.74 Å². The Hall–Kier alpha value is -2.60. The fourth-order valence-corrected chi connectivity index (χ4v) is 6.13. The van der Waals surface area contributed by atoms with Crippen LogP contribution in [-0.2, 0) is 16.1 Å². The average molecular weight is 450 g/mol. The first-order chi connectivity index (χ1) is 16.1. The summed E-state index contributed by atoms with van der Waals surface area (Å²) in [6.07, 6.45) is 5.20. The number of carbonyl (C=O) groups is 2. The van der Waals surface area contributed by atoms with Crippen molar-refractivity contribution in [2.75, 3.05) is 39.8 Å². The van der Waals surface area contributed by atoms with E-state index in [1.54, 1.807) is 7.11 Å². The lowest BCUT2D eigenvalue weighted by Crippen LogP contribution is -2.56. The van der Waals surface area contributed by atoms with Gasteiger partial charge in [-0.2, -0.15) is 0 Å². The highest BCUT2D eigenvalue weighted by Gasteiger charge is 2.39. The van der Waals surface area contributed by atoms with Gasteiger partial charge in [-0.3, -0.25) is 14.5 Å². The molecule has 0 aromatic heterocycles. The normalized spacial score (nSPS) is 23.9. The molecule has 2 atom stereocenters. The molecule has 3 aliphatic rings. The van der Waals surface area contributed by atoms with Gasteiger partial charge in [0.25, 0.3) is 0 Å². The van der Waals surface area contributed by atoms with E-state index in [1.807, 2.05) is 4.90 Å². The molecule has 0 saturated carbocycles. The van der Waals surface area contributed by atoms with E-state index in [9.17, 15) is 9.59 Å². The van der Waals surface area contributed by atoms with Crippen molar-refractivity contribution in [3.05, 3.63) is 42.0 Å². The highest BCUT2D eigenvalue weighted by molar-refractivity contribution is 5.87. The Kier molecular flexibility index (Phi) is 6.54. The van der Waals surface area contributed by atoms with Gasteiger partial charge in [-0.1, -0.05) is 30.3 Å². The van der Waals surface area contributed by atoms with Gasteiger partial charge in [-0.25, -0.2) is 0 Å². The van der Waals surface area contributed by atoms with Gasteiger partial charge in [0, 0.05) is 63.7 Å². The zero-order valence-electron chi connectivity index (χ0n) is 19.7. The second-order valence-corrected chi connectivity index (χ2v) is 9.78. The van der Waals surface area contributed by atoms with Crippen molar-refractivity contribution < 1.29 is 14.3 Å². The first-order valence-corrected chi connectivity index (χ1v) is 12.5. The van der Waals surface area contributed by atoms with Crippen LogP contribution in [0.25, 0.3) is 10.8 Å². The predicted molar refractivity (Wildman–Crippen MR) is 129 cm³/mol. The monoisotopic (exact) mass is 449 g/mol. The summed E-state index contributed by atoms with van der Waals surface area (Å²) in [7, 11) is 1.75. The third-order valence-corrected chi connectivity index (χ3v) is 7.83. The van der Waals surface area contributed by atoms with Gasteiger partial charge in [0.15, 0.2) is 0 Å². The lowest BCUT2D eigenvalue weighted by atomic mass is 9.83. The molecule has 0 unspecified atom stereocenters. The zero-order valence-corrected chi connectivity index (χ0v) is 19.7. The predicted octanol–water partition coefficient (Wildman–Crippen LogP) is 3.67. The van der Waals surface area contributed by atoms with Gasteiger partial charge in [0.05, 0.1) is 7.11 Å². The number of fused-ring (bicyclic) bond motifs is 2. The number of rotatable bonds is 7. The lowest BCUT2D eigenvalue weighted by molar-refractivity contribution is -0.141. The van der Waals surface area contributed by atoms with E-state index in [1.165, 1.54) is 16.3 Å². The van der Waals surface area contributed by atoms with E-state index in [-0.39, 0.29) is 5.91 Å². The van der Waals surface area contributed by atoms with E-state index in [0.717, 1.165) is 70.7 Å². The topological polar surface area (TPSA) is 53.1 Å². The van der Waals surface area contributed by atoms with E-state index in [2.05, 4.69) is 46.2 Å². The molecule has 2 aromatic carbocycles. The van der Waals surface area contributed by atoms with E-state index >= 15 is 0 Å². The average Bonchev–Trinajstić information content (AvgIpc) is 3.25. The molecule has 0 bridgehead atoms. The number of ether oxygens (including phenoxy) is 1. The minimum absolute atomic E-state index is 0.273. The van der Waals surface area contributed by atoms with Crippen LogP contribution in [-0.4, -0.2) is 72.4 Å². The molecule has 0 aliphatic carbocycles. The molecular weight excluding hydrogens is 414 g/mol. The van der Waals surface area contributed by atoms with Gasteiger partial charge >= 0.3 is 0 Å². The second-order valence-electron chi connectivity index (χ2n) is 9.78. The fraction of sp³-hybridized carbons (Fsp3) is 0.556. The Labute approximate surface area is 196 Å². The molecule has 5 rings (SSSR count). The molecule has 0 N–H and O–H groups in total. The number of benzene rings is 2. The largest absolute Gasteiger partial charge is 0.496 e. The lowest BCUT2D eigenvalue weighted by Gasteiger charge is -2.47.